The highest BCUT2D eigenvalue weighted by Gasteiger charge is 2.51. The molecule has 7 heteroatoms. The Morgan fingerprint density at radius 2 is 2.04 bits per heavy atom. The topological polar surface area (TPSA) is 71.8 Å². The third-order valence-electron chi connectivity index (χ3n) is 6.08. The van der Waals surface area contributed by atoms with E-state index in [-0.39, 0.29) is 18.2 Å². The molecule has 5 unspecified atom stereocenters. The van der Waals surface area contributed by atoms with Crippen LogP contribution in [0.4, 0.5) is 0 Å². The molecule has 2 N–H and O–H groups in total. The fourth-order valence-electron chi connectivity index (χ4n) is 4.57. The molecule has 3 aliphatic rings. The van der Waals surface area contributed by atoms with Gasteiger partial charge < -0.3 is 29.4 Å². The van der Waals surface area contributed by atoms with E-state index in [9.17, 15) is 5.11 Å². The number of aliphatic hydroxyl groups is 1. The van der Waals surface area contributed by atoms with Crippen LogP contribution in [0.15, 0.2) is 30.6 Å². The van der Waals surface area contributed by atoms with Gasteiger partial charge in [0.15, 0.2) is 6.29 Å². The predicted octanol–water partition coefficient (Wildman–Crippen LogP) is 0.746. The van der Waals surface area contributed by atoms with Crippen molar-refractivity contribution in [2.24, 2.45) is 0 Å². The summed E-state index contributed by atoms with van der Waals surface area (Å²) in [5.41, 5.74) is 1.91. The average molecular weight is 358 g/mol. The Bertz CT molecular complexity index is 773. The molecule has 3 fully saturated rings. The highest BCUT2D eigenvalue weighted by Crippen LogP contribution is 2.37. The lowest BCUT2D eigenvalue weighted by Crippen LogP contribution is -2.60. The molecule has 4 heterocycles. The van der Waals surface area contributed by atoms with Crippen molar-refractivity contribution in [1.29, 1.82) is 0 Å². The normalized spacial score (nSPS) is 36.0. The molecule has 1 aromatic heterocycles. The summed E-state index contributed by atoms with van der Waals surface area (Å²) < 4.78 is 14.0. The van der Waals surface area contributed by atoms with Gasteiger partial charge in [-0.25, -0.2) is 4.98 Å². The highest BCUT2D eigenvalue weighted by atomic mass is 16.7. The summed E-state index contributed by atoms with van der Waals surface area (Å²) in [4.78, 5) is 6.82. The van der Waals surface area contributed by atoms with Crippen LogP contribution >= 0.6 is 0 Å². The van der Waals surface area contributed by atoms with Gasteiger partial charge in [0.2, 0.25) is 0 Å². The minimum absolute atomic E-state index is 0.0966. The number of aromatic nitrogens is 2. The van der Waals surface area contributed by atoms with Crippen LogP contribution < -0.4 is 5.32 Å². The number of rotatable bonds is 3. The number of ether oxygens (including phenoxy) is 2. The number of benzene rings is 1. The number of likely N-dealkylation sites (tertiary alicyclic amines) is 1. The fraction of sp³-hybridized carbons (Fsp3) is 0.632. The molecule has 3 aliphatic heterocycles. The van der Waals surface area contributed by atoms with Gasteiger partial charge >= 0.3 is 0 Å². The Morgan fingerprint density at radius 3 is 2.88 bits per heavy atom. The van der Waals surface area contributed by atoms with E-state index in [0.717, 1.165) is 37.0 Å². The summed E-state index contributed by atoms with van der Waals surface area (Å²) in [6.45, 7) is 2.69. The molecule has 26 heavy (non-hydrogen) atoms. The summed E-state index contributed by atoms with van der Waals surface area (Å²) in [5, 5.41) is 14.9. The molecule has 5 atom stereocenters. The van der Waals surface area contributed by atoms with E-state index in [1.54, 1.807) is 6.33 Å². The minimum Gasteiger partial charge on any atom is -0.389 e. The molecule has 5 rings (SSSR count). The number of piperidine rings is 1. The number of hydrogen-bond donors (Lipinski definition) is 2. The molecule has 3 saturated heterocycles. The molecule has 0 amide bonds. The highest BCUT2D eigenvalue weighted by molar-refractivity contribution is 5.75. The van der Waals surface area contributed by atoms with Crippen molar-refractivity contribution in [3.05, 3.63) is 30.6 Å². The second kappa shape index (κ2) is 6.58. The van der Waals surface area contributed by atoms with Gasteiger partial charge in [-0.15, -0.1) is 0 Å². The van der Waals surface area contributed by atoms with Crippen LogP contribution in [0.25, 0.3) is 11.0 Å². The van der Waals surface area contributed by atoms with Gasteiger partial charge in [-0.3, -0.25) is 0 Å². The van der Waals surface area contributed by atoms with Crippen LogP contribution in [-0.2, 0) is 9.47 Å². The summed E-state index contributed by atoms with van der Waals surface area (Å²) in [6, 6.07) is 7.94. The SMILES string of the molecule is CN1CCC(NC2C3COC(O3)C(n3cnc4ccccc43)C2O)CC1. The molecule has 2 bridgehead atoms. The number of fused-ring (bicyclic) bond motifs is 3. The summed E-state index contributed by atoms with van der Waals surface area (Å²) >= 11 is 0. The van der Waals surface area contributed by atoms with Crippen molar-refractivity contribution in [1.82, 2.24) is 19.8 Å². The predicted molar refractivity (Wildman–Crippen MR) is 96.8 cm³/mol. The zero-order valence-corrected chi connectivity index (χ0v) is 15.0. The Hall–Kier alpha value is -1.51. The lowest BCUT2D eigenvalue weighted by Gasteiger charge is -2.42. The minimum atomic E-state index is -0.585. The van der Waals surface area contributed by atoms with Gasteiger partial charge in [0.1, 0.15) is 12.1 Å². The molecule has 0 aliphatic carbocycles. The van der Waals surface area contributed by atoms with E-state index in [1.165, 1.54) is 0 Å². The van der Waals surface area contributed by atoms with Crippen molar-refractivity contribution >= 4 is 11.0 Å². The Morgan fingerprint density at radius 1 is 1.23 bits per heavy atom. The maximum Gasteiger partial charge on any atom is 0.181 e. The van der Waals surface area contributed by atoms with Crippen molar-refractivity contribution in [3.8, 4) is 0 Å². The van der Waals surface area contributed by atoms with E-state index in [2.05, 4.69) is 22.2 Å². The molecule has 140 valence electrons. The maximum atomic E-state index is 11.2. The first-order valence-electron chi connectivity index (χ1n) is 9.52. The van der Waals surface area contributed by atoms with E-state index < -0.39 is 12.4 Å². The quantitative estimate of drug-likeness (QED) is 0.844. The van der Waals surface area contributed by atoms with Crippen molar-refractivity contribution in [3.63, 3.8) is 0 Å². The van der Waals surface area contributed by atoms with Crippen LogP contribution in [0.3, 0.4) is 0 Å². The molecule has 0 saturated carbocycles. The number of para-hydroxylation sites is 2. The Labute approximate surface area is 152 Å². The van der Waals surface area contributed by atoms with E-state index >= 15 is 0 Å². The molecular weight excluding hydrogens is 332 g/mol. The molecule has 0 radical (unpaired) electrons. The first-order valence-corrected chi connectivity index (χ1v) is 9.52. The maximum absolute atomic E-state index is 11.2. The van der Waals surface area contributed by atoms with Crippen molar-refractivity contribution in [2.75, 3.05) is 26.7 Å². The lowest BCUT2D eigenvalue weighted by atomic mass is 9.93. The zero-order valence-electron chi connectivity index (χ0n) is 15.0. The van der Waals surface area contributed by atoms with Crippen LogP contribution in [0.2, 0.25) is 0 Å². The number of nitrogens with one attached hydrogen (secondary N) is 1. The smallest absolute Gasteiger partial charge is 0.181 e. The summed E-state index contributed by atoms with van der Waals surface area (Å²) in [5.74, 6) is 0. The molecule has 1 aromatic carbocycles. The standard InChI is InChI=1S/C19H26N4O3/c1-22-8-6-12(7-9-22)21-16-15-10-25-19(26-15)17(18(16)24)23-11-20-13-4-2-3-5-14(13)23/h2-5,11-12,15-19,21,24H,6-10H2,1H3. The summed E-state index contributed by atoms with van der Waals surface area (Å²) in [6.07, 6.45) is 2.86. The van der Waals surface area contributed by atoms with Gasteiger partial charge in [-0.2, -0.15) is 0 Å². The van der Waals surface area contributed by atoms with Gasteiger partial charge in [-0.1, -0.05) is 12.1 Å². The average Bonchev–Trinajstić information content (AvgIpc) is 3.27. The lowest BCUT2D eigenvalue weighted by molar-refractivity contribution is -0.165. The van der Waals surface area contributed by atoms with Crippen LogP contribution in [0.5, 0.6) is 0 Å². The second-order valence-electron chi connectivity index (χ2n) is 7.77. The molecule has 2 aromatic rings. The van der Waals surface area contributed by atoms with Crippen LogP contribution in [0.1, 0.15) is 18.9 Å². The van der Waals surface area contributed by atoms with Crippen molar-refractivity contribution in [2.45, 2.75) is 49.5 Å². The van der Waals surface area contributed by atoms with Crippen LogP contribution in [0, 0.1) is 0 Å². The molecule has 0 spiro atoms. The number of aliphatic hydroxyl groups excluding tert-OH is 1. The first-order chi connectivity index (χ1) is 12.7. The van der Waals surface area contributed by atoms with Gasteiger partial charge in [-0.05, 0) is 45.1 Å². The zero-order chi connectivity index (χ0) is 17.7. The Kier molecular flexibility index (Phi) is 4.21. The van der Waals surface area contributed by atoms with E-state index in [1.807, 2.05) is 28.8 Å². The molecular formula is C19H26N4O3. The van der Waals surface area contributed by atoms with Gasteiger partial charge in [0.05, 0.1) is 36.1 Å². The second-order valence-corrected chi connectivity index (χ2v) is 7.77. The van der Waals surface area contributed by atoms with E-state index in [4.69, 9.17) is 9.47 Å². The number of hydrogen-bond acceptors (Lipinski definition) is 6. The van der Waals surface area contributed by atoms with Gasteiger partial charge in [0, 0.05) is 6.04 Å². The van der Waals surface area contributed by atoms with E-state index in [0.29, 0.717) is 12.6 Å². The van der Waals surface area contributed by atoms with Crippen LogP contribution in [-0.4, -0.2) is 76.9 Å². The monoisotopic (exact) mass is 358 g/mol. The fourth-order valence-corrected chi connectivity index (χ4v) is 4.57. The molecule has 7 nitrogen and oxygen atoms in total. The van der Waals surface area contributed by atoms with Gasteiger partial charge in [0.25, 0.3) is 0 Å². The largest absolute Gasteiger partial charge is 0.389 e. The third kappa shape index (κ3) is 2.75. The summed E-state index contributed by atoms with van der Waals surface area (Å²) in [7, 11) is 2.16. The number of imidazole rings is 1. The Balaban J connectivity index is 1.41. The first kappa shape index (κ1) is 16.6. The van der Waals surface area contributed by atoms with Crippen molar-refractivity contribution < 1.29 is 14.6 Å². The number of nitrogens with zero attached hydrogens (tertiary/aromatic N) is 3. The third-order valence-corrected chi connectivity index (χ3v) is 6.08.